The van der Waals surface area contributed by atoms with Crippen molar-refractivity contribution in [2.75, 3.05) is 6.54 Å². The van der Waals surface area contributed by atoms with E-state index in [0.29, 0.717) is 0 Å². The molecule has 12 heavy (non-hydrogen) atoms. The molecule has 0 spiro atoms. The molecule has 0 radical (unpaired) electrons. The predicted octanol–water partition coefficient (Wildman–Crippen LogP) is -1.30. The van der Waals surface area contributed by atoms with Crippen LogP contribution in [0.1, 0.15) is 0 Å². The van der Waals surface area contributed by atoms with Crippen LogP contribution in [-0.2, 0) is 15.2 Å². The lowest BCUT2D eigenvalue weighted by Gasteiger charge is -1.73. The molecule has 0 aliphatic carbocycles. The van der Waals surface area contributed by atoms with Crippen molar-refractivity contribution < 1.29 is 27.4 Å². The van der Waals surface area contributed by atoms with E-state index in [0.717, 1.165) is 0 Å². The molecule has 9 nitrogen and oxygen atoms in total. The van der Waals surface area contributed by atoms with E-state index in [-0.39, 0.29) is 18.8 Å². The van der Waals surface area contributed by atoms with Crippen LogP contribution in [0.2, 0.25) is 0 Å². The van der Waals surface area contributed by atoms with Gasteiger partial charge in [-0.3, -0.25) is 13.9 Å². The molecule has 0 bridgehead atoms. The van der Waals surface area contributed by atoms with E-state index >= 15 is 0 Å². The Morgan fingerprint density at radius 1 is 1.25 bits per heavy atom. The Hall–Kier alpha value is -0.780. The van der Waals surface area contributed by atoms with Gasteiger partial charge in [-0.1, -0.05) is 0 Å². The third-order valence-electron chi connectivity index (χ3n) is 0.175. The van der Waals surface area contributed by atoms with Crippen molar-refractivity contribution in [1.82, 2.24) is 12.3 Å². The molecule has 0 saturated heterocycles. The van der Waals surface area contributed by atoms with Gasteiger partial charge in [-0.05, 0) is 0 Å². The van der Waals surface area contributed by atoms with Crippen molar-refractivity contribution in [3.8, 4) is 0 Å². The molecule has 0 aromatic rings. The van der Waals surface area contributed by atoms with E-state index in [1.54, 1.807) is 0 Å². The molecule has 0 heterocycles. The van der Waals surface area contributed by atoms with E-state index in [1.165, 1.54) is 0 Å². The number of nitrogens with two attached hydrogens (primary N) is 1. The van der Waals surface area contributed by atoms with E-state index in [4.69, 9.17) is 22.6 Å². The van der Waals surface area contributed by atoms with Gasteiger partial charge in [0.1, 0.15) is 0 Å². The lowest BCUT2D eigenvalue weighted by molar-refractivity contribution is -0.135. The molecule has 78 valence electrons. The van der Waals surface area contributed by atoms with Gasteiger partial charge < -0.3 is 23.1 Å². The second kappa shape index (κ2) is 10.2. The maximum Gasteiger partial charge on any atom is 0.394 e. The fraction of sp³-hybridized carbons (Fsp3) is 0.500. The van der Waals surface area contributed by atoms with Crippen molar-refractivity contribution in [2.45, 2.75) is 0 Å². The Morgan fingerprint density at radius 3 is 1.33 bits per heavy atom. The molecule has 0 aromatic heterocycles. The minimum Gasteiger partial charge on any atom is -0.480 e. The topological polar surface area (TPSA) is 208 Å². The van der Waals surface area contributed by atoms with Crippen LogP contribution in [0, 0.1) is 0 Å². The van der Waals surface area contributed by atoms with Crippen molar-refractivity contribution in [3.63, 3.8) is 0 Å². The highest BCUT2D eigenvalue weighted by atomic mass is 32.3. The van der Waals surface area contributed by atoms with E-state index in [2.05, 4.69) is 5.73 Å². The highest BCUT2D eigenvalue weighted by molar-refractivity contribution is 7.79. The van der Waals surface area contributed by atoms with Crippen molar-refractivity contribution in [1.29, 1.82) is 0 Å². The molecule has 10 heteroatoms. The molecule has 0 unspecified atom stereocenters. The van der Waals surface area contributed by atoms with Gasteiger partial charge in [-0.15, -0.1) is 0 Å². The summed E-state index contributed by atoms with van der Waals surface area (Å²) in [6.45, 7) is -0.278. The van der Waals surface area contributed by atoms with Crippen LogP contribution < -0.4 is 18.0 Å². The Labute approximate surface area is 69.3 Å². The quantitative estimate of drug-likeness (QED) is 0.282. The van der Waals surface area contributed by atoms with Crippen molar-refractivity contribution >= 4 is 16.4 Å². The Balaban J connectivity index is -0.0000000457. The third kappa shape index (κ3) is 419. The van der Waals surface area contributed by atoms with Crippen LogP contribution in [0.5, 0.6) is 0 Å². The van der Waals surface area contributed by atoms with Crippen LogP contribution in [0.4, 0.5) is 0 Å². The standard InChI is InChI=1S/C2H5NO2.2H3N.H2O4S/c3-1-2(4)5;;;1-5(2,3)4/h1,3H2,(H,4,5);2*1H3;(H2,1,2,3,4). The molecule has 0 saturated carbocycles. The summed E-state index contributed by atoms with van der Waals surface area (Å²) >= 11 is 0. The average Bonchev–Trinajstić information content (AvgIpc) is 1.61. The summed E-state index contributed by atoms with van der Waals surface area (Å²) in [5, 5.41) is 7.60. The van der Waals surface area contributed by atoms with Crippen molar-refractivity contribution in [2.24, 2.45) is 5.73 Å². The fourth-order valence-corrected chi connectivity index (χ4v) is 0. The largest absolute Gasteiger partial charge is 0.480 e. The van der Waals surface area contributed by atoms with Crippen LogP contribution >= 0.6 is 0 Å². The monoisotopic (exact) mass is 207 g/mol. The Bertz CT molecular complexity index is 179. The Kier molecular flexibility index (Phi) is 19.1. The van der Waals surface area contributed by atoms with Gasteiger partial charge in [0.15, 0.2) is 0 Å². The lowest BCUT2D eigenvalue weighted by atomic mass is 10.7. The van der Waals surface area contributed by atoms with Crippen LogP contribution in [0.25, 0.3) is 0 Å². The summed E-state index contributed by atoms with van der Waals surface area (Å²) in [7, 11) is -4.67. The minimum absolute atomic E-state index is 0. The zero-order valence-electron chi connectivity index (χ0n) is 6.17. The number of carbonyl (C=O) groups is 1. The number of rotatable bonds is 1. The second-order valence-corrected chi connectivity index (χ2v) is 1.94. The molecule has 0 amide bonds. The van der Waals surface area contributed by atoms with Gasteiger partial charge in [-0.2, -0.15) is 8.42 Å². The van der Waals surface area contributed by atoms with Gasteiger partial charge in [0, 0.05) is 0 Å². The summed E-state index contributed by atoms with van der Waals surface area (Å²) < 4.78 is 31.6. The first kappa shape index (κ1) is 22.5. The number of aliphatic carboxylic acids is 1. The highest BCUT2D eigenvalue weighted by Crippen LogP contribution is 1.59. The van der Waals surface area contributed by atoms with Crippen molar-refractivity contribution in [3.05, 3.63) is 0 Å². The van der Waals surface area contributed by atoms with Crippen LogP contribution in [0.3, 0.4) is 0 Å². The van der Waals surface area contributed by atoms with E-state index in [1.807, 2.05) is 0 Å². The smallest absolute Gasteiger partial charge is 0.394 e. The van der Waals surface area contributed by atoms with Crippen LogP contribution in [0.15, 0.2) is 0 Å². The van der Waals surface area contributed by atoms with Gasteiger partial charge >= 0.3 is 16.4 Å². The average molecular weight is 207 g/mol. The first-order valence-corrected chi connectivity index (χ1v) is 3.28. The number of hydrogen-bond donors (Lipinski definition) is 6. The fourth-order valence-electron chi connectivity index (χ4n) is 0. The zero-order valence-corrected chi connectivity index (χ0v) is 6.99. The van der Waals surface area contributed by atoms with E-state index < -0.39 is 16.4 Å². The summed E-state index contributed by atoms with van der Waals surface area (Å²) in [4.78, 5) is 9.24. The Morgan fingerprint density at radius 2 is 1.33 bits per heavy atom. The number of carboxylic acid groups (broad SMARTS) is 1. The molecule has 0 aliphatic heterocycles. The first-order valence-electron chi connectivity index (χ1n) is 1.89. The summed E-state index contributed by atoms with van der Waals surface area (Å²) in [6, 6.07) is 0. The highest BCUT2D eigenvalue weighted by Gasteiger charge is 1.84. The molecule has 0 aliphatic rings. The summed E-state index contributed by atoms with van der Waals surface area (Å²) in [6.07, 6.45) is 0. The molecule has 0 fully saturated rings. The third-order valence-corrected chi connectivity index (χ3v) is 0.175. The second-order valence-electron chi connectivity index (χ2n) is 1.05. The molecular weight excluding hydrogens is 194 g/mol. The van der Waals surface area contributed by atoms with Gasteiger partial charge in [-0.25, -0.2) is 0 Å². The number of carboxylic acids is 1. The lowest BCUT2D eigenvalue weighted by Crippen LogP contribution is -2.10. The maximum absolute atomic E-state index is 9.24. The van der Waals surface area contributed by atoms with Gasteiger partial charge in [0.2, 0.25) is 0 Å². The normalized spacial score (nSPS) is 7.92. The minimum atomic E-state index is -4.67. The molecule has 0 atom stereocenters. The molecule has 11 N–H and O–H groups in total. The SMILES string of the molecule is N.N.NCC(=O)O.O=S(=O)(O)O. The maximum atomic E-state index is 9.24. The van der Waals surface area contributed by atoms with Gasteiger partial charge in [0.25, 0.3) is 0 Å². The predicted molar refractivity (Wildman–Crippen MR) is 40.9 cm³/mol. The first-order chi connectivity index (χ1) is 4.27. The molecule has 0 rings (SSSR count). The summed E-state index contributed by atoms with van der Waals surface area (Å²) in [5.41, 5.74) is 4.57. The summed E-state index contributed by atoms with van der Waals surface area (Å²) in [5.74, 6) is -0.968. The molecular formula is C2H13N3O6S. The zero-order chi connectivity index (χ0) is 8.78. The molecule has 0 aromatic carbocycles. The van der Waals surface area contributed by atoms with Crippen LogP contribution in [-0.4, -0.2) is 35.1 Å². The van der Waals surface area contributed by atoms with Gasteiger partial charge in [0.05, 0.1) is 6.54 Å². The number of hydrogen-bond acceptors (Lipinski definition) is 6. The van der Waals surface area contributed by atoms with E-state index in [9.17, 15) is 4.79 Å².